The Hall–Kier alpha value is -3.18. The van der Waals surface area contributed by atoms with E-state index >= 15 is 0 Å². The molecular weight excluding hydrogens is 963 g/mol. The van der Waals surface area contributed by atoms with Crippen molar-refractivity contribution in [1.82, 2.24) is 5.32 Å². The molecule has 0 aliphatic carbocycles. The van der Waals surface area contributed by atoms with Crippen LogP contribution in [-0.4, -0.2) is 87.6 Å². The highest BCUT2D eigenvalue weighted by Crippen LogP contribution is 2.38. The van der Waals surface area contributed by atoms with Crippen LogP contribution in [0.5, 0.6) is 0 Å². The Kier molecular flexibility index (Phi) is 30.3. The fourth-order valence-electron chi connectivity index (χ4n) is 9.00. The van der Waals surface area contributed by atoms with Gasteiger partial charge in [-0.1, -0.05) is 167 Å². The van der Waals surface area contributed by atoms with Gasteiger partial charge in [-0.3, -0.25) is 18.9 Å². The molecule has 73 heavy (non-hydrogen) atoms. The van der Waals surface area contributed by atoms with Crippen LogP contribution in [0.1, 0.15) is 211 Å². The van der Waals surface area contributed by atoms with Crippen LogP contribution in [-0.2, 0) is 73.3 Å². The molecule has 1 aliphatic heterocycles. The lowest BCUT2D eigenvalue weighted by atomic mass is 9.96. The van der Waals surface area contributed by atoms with Crippen molar-refractivity contribution in [3.63, 3.8) is 0 Å². The first-order valence-electron chi connectivity index (χ1n) is 28.2. The average Bonchev–Trinajstić information content (AvgIpc) is 3.33. The summed E-state index contributed by atoms with van der Waals surface area (Å²) in [4.78, 5) is 41.2. The maximum absolute atomic E-state index is 14.1. The van der Waals surface area contributed by atoms with E-state index in [1.54, 1.807) is 0 Å². The fourth-order valence-corrected chi connectivity index (χ4v) is 10.5. The second kappa shape index (κ2) is 34.5. The van der Waals surface area contributed by atoms with Crippen molar-refractivity contribution >= 4 is 36.6 Å². The zero-order valence-corrected chi connectivity index (χ0v) is 48.1. The van der Waals surface area contributed by atoms with Gasteiger partial charge in [0.05, 0.1) is 13.0 Å². The molecular formula is C58H97NO12SSi. The third-order valence-corrected chi connectivity index (χ3v) is 19.6. The number of aliphatic hydroxyl groups excluding tert-OH is 1. The molecule has 1 heterocycles. The molecule has 2 aromatic rings. The Bertz CT molecular complexity index is 1960. The van der Waals surface area contributed by atoms with Gasteiger partial charge >= 0.3 is 22.3 Å². The van der Waals surface area contributed by atoms with Crippen LogP contribution in [0.3, 0.4) is 0 Å². The lowest BCUT2D eigenvalue weighted by molar-refractivity contribution is -0.253. The highest BCUT2D eigenvalue weighted by Gasteiger charge is 2.52. The predicted molar refractivity (Wildman–Crippen MR) is 293 cm³/mol. The van der Waals surface area contributed by atoms with Crippen LogP contribution in [0.4, 0.5) is 0 Å². The monoisotopic (exact) mass is 1060 g/mol. The zero-order chi connectivity index (χ0) is 53.7. The molecule has 6 atom stereocenters. The largest absolute Gasteiger partial charge is 0.462 e. The third-order valence-electron chi connectivity index (χ3n) is 14.6. The number of carbonyl (C=O) groups excluding carboxylic acids is 3. The third kappa shape index (κ3) is 26.4. The Morgan fingerprint density at radius 3 is 1.52 bits per heavy atom. The van der Waals surface area contributed by atoms with E-state index in [1.165, 1.54) is 80.9 Å². The number of aliphatic hydroxyl groups is 1. The van der Waals surface area contributed by atoms with Gasteiger partial charge in [0.15, 0.2) is 20.7 Å². The van der Waals surface area contributed by atoms with Gasteiger partial charge < -0.3 is 29.1 Å². The molecule has 0 bridgehead atoms. The van der Waals surface area contributed by atoms with Gasteiger partial charge in [-0.15, -0.1) is 0 Å². The summed E-state index contributed by atoms with van der Waals surface area (Å²) in [6.45, 7) is 16.4. The summed E-state index contributed by atoms with van der Waals surface area (Å²) in [6, 6.07) is 15.7. The molecule has 1 fully saturated rings. The van der Waals surface area contributed by atoms with Crippen LogP contribution >= 0.6 is 0 Å². The van der Waals surface area contributed by atoms with Gasteiger partial charge in [0, 0.05) is 12.8 Å². The Labute approximate surface area is 442 Å². The van der Waals surface area contributed by atoms with Crippen LogP contribution in [0.25, 0.3) is 0 Å². The quantitative estimate of drug-likeness (QED) is 0.0251. The Morgan fingerprint density at radius 1 is 0.644 bits per heavy atom. The SMILES string of the molecule is CCCCCCCCCCC[C@@H](CC(=O)N[C@H]1C(O)O[C@H](CO[Si](C)(C)C(C)(C)C)[C@@H](OS(=O)(=O)O)[C@@H]1OC(=O)CCCCc1ccc(CCCCC)cc1)OC(=O)CCCCc1ccc(CCCCC)cc1. The number of esters is 2. The molecule has 1 aliphatic rings. The number of nitrogens with one attached hydrogen (secondary N) is 1. The van der Waals surface area contributed by atoms with Crippen molar-refractivity contribution in [2.45, 2.75) is 270 Å². The molecule has 3 rings (SSSR count). The zero-order valence-electron chi connectivity index (χ0n) is 46.3. The summed E-state index contributed by atoms with van der Waals surface area (Å²) in [5, 5.41) is 14.1. The van der Waals surface area contributed by atoms with E-state index in [0.717, 1.165) is 69.8 Å². The number of ether oxygens (including phenoxy) is 3. The number of aryl methyl sites for hydroxylation is 4. The number of hydrogen-bond donors (Lipinski definition) is 3. The maximum Gasteiger partial charge on any atom is 0.397 e. The molecule has 2 aromatic carbocycles. The molecule has 1 amide bonds. The lowest BCUT2D eigenvalue weighted by Crippen LogP contribution is -2.66. The van der Waals surface area contributed by atoms with Gasteiger partial charge in [-0.25, -0.2) is 4.18 Å². The van der Waals surface area contributed by atoms with E-state index in [-0.39, 0.29) is 30.9 Å². The standard InChI is InChI=1S/C58H97NO12SSi/c1-9-12-15-16-17-18-19-20-23-32-49(68-52(61)33-26-24-30-47-39-35-45(36-40-47)28-21-13-10-2)43-51(60)59-54-56(70-53(62)34-27-25-31-48-41-37-46(38-42-48)29-22-14-11-3)55(71-72(64,65)66)50(69-57(54)63)44-67-73(7,8)58(4,5)6/h35-42,49-50,54-57,63H,9-34,43-44H2,1-8H3,(H,59,60)(H,64,65,66)/t49-,50+,54+,55+,56+,57?/m0/s1. The minimum atomic E-state index is -5.19. The van der Waals surface area contributed by atoms with Crippen molar-refractivity contribution in [3.05, 3.63) is 70.8 Å². The smallest absolute Gasteiger partial charge is 0.397 e. The topological polar surface area (TPSA) is 184 Å². The summed E-state index contributed by atoms with van der Waals surface area (Å²) >= 11 is 0. The van der Waals surface area contributed by atoms with Crippen LogP contribution in [0.2, 0.25) is 18.1 Å². The summed E-state index contributed by atoms with van der Waals surface area (Å²) in [7, 11) is -7.69. The average molecular weight is 1060 g/mol. The first kappa shape index (κ1) is 64.1. The predicted octanol–water partition coefficient (Wildman–Crippen LogP) is 12.8. The van der Waals surface area contributed by atoms with E-state index < -0.39 is 73.3 Å². The molecule has 0 spiro atoms. The molecule has 0 saturated carbocycles. The number of rotatable bonds is 38. The Balaban J connectivity index is 1.76. The molecule has 15 heteroatoms. The summed E-state index contributed by atoms with van der Waals surface area (Å²) in [5.41, 5.74) is 4.99. The lowest BCUT2D eigenvalue weighted by Gasteiger charge is -2.45. The molecule has 0 aromatic heterocycles. The number of amides is 1. The Morgan fingerprint density at radius 2 is 1.07 bits per heavy atom. The minimum absolute atomic E-state index is 0.0465. The van der Waals surface area contributed by atoms with Crippen LogP contribution in [0.15, 0.2) is 48.5 Å². The first-order chi connectivity index (χ1) is 34.7. The van der Waals surface area contributed by atoms with E-state index in [2.05, 4.69) is 74.6 Å². The molecule has 1 unspecified atom stereocenters. The highest BCUT2D eigenvalue weighted by molar-refractivity contribution is 7.80. The van der Waals surface area contributed by atoms with Crippen LogP contribution < -0.4 is 5.32 Å². The maximum atomic E-state index is 14.1. The molecule has 13 nitrogen and oxygen atoms in total. The number of hydrogen-bond acceptors (Lipinski definition) is 11. The van der Waals surface area contributed by atoms with Gasteiger partial charge in [0.2, 0.25) is 5.91 Å². The summed E-state index contributed by atoms with van der Waals surface area (Å²) in [6.07, 6.45) is 16.2. The van der Waals surface area contributed by atoms with E-state index in [1.807, 2.05) is 33.9 Å². The first-order valence-corrected chi connectivity index (χ1v) is 32.5. The highest BCUT2D eigenvalue weighted by atomic mass is 32.3. The van der Waals surface area contributed by atoms with Crippen molar-refractivity contribution in [2.75, 3.05) is 6.61 Å². The van der Waals surface area contributed by atoms with Crippen molar-refractivity contribution < 1.29 is 55.3 Å². The van der Waals surface area contributed by atoms with Crippen LogP contribution in [0, 0.1) is 0 Å². The normalized spacial score (nSPS) is 18.8. The van der Waals surface area contributed by atoms with Gasteiger partial charge in [0.1, 0.15) is 24.4 Å². The van der Waals surface area contributed by atoms with Crippen molar-refractivity contribution in [1.29, 1.82) is 0 Å². The van der Waals surface area contributed by atoms with Crippen molar-refractivity contribution in [3.8, 4) is 0 Å². The minimum Gasteiger partial charge on any atom is -0.462 e. The molecule has 1 saturated heterocycles. The summed E-state index contributed by atoms with van der Waals surface area (Å²) in [5.74, 6) is -1.76. The summed E-state index contributed by atoms with van der Waals surface area (Å²) < 4.78 is 64.5. The van der Waals surface area contributed by atoms with Gasteiger partial charge in [-0.2, -0.15) is 8.42 Å². The van der Waals surface area contributed by atoms with Crippen molar-refractivity contribution in [2.24, 2.45) is 0 Å². The number of benzene rings is 2. The molecule has 3 N–H and O–H groups in total. The fraction of sp³-hybridized carbons (Fsp3) is 0.741. The van der Waals surface area contributed by atoms with Gasteiger partial charge in [-0.05, 0) is 117 Å². The number of unbranched alkanes of at least 4 members (excludes halogenated alkanes) is 14. The molecule has 0 radical (unpaired) electrons. The van der Waals surface area contributed by atoms with E-state index in [9.17, 15) is 32.5 Å². The number of carbonyl (C=O) groups is 3. The second-order valence-electron chi connectivity index (χ2n) is 22.1. The van der Waals surface area contributed by atoms with E-state index in [0.29, 0.717) is 25.7 Å². The molecule has 416 valence electrons. The van der Waals surface area contributed by atoms with E-state index in [4.69, 9.17) is 22.8 Å². The second-order valence-corrected chi connectivity index (χ2v) is 27.9. The van der Waals surface area contributed by atoms with Gasteiger partial charge in [0.25, 0.3) is 0 Å².